The Morgan fingerprint density at radius 3 is 2.57 bits per heavy atom. The van der Waals surface area contributed by atoms with Crippen LogP contribution in [0.4, 0.5) is 10.2 Å². The van der Waals surface area contributed by atoms with E-state index in [1.165, 1.54) is 6.07 Å². The maximum absolute atomic E-state index is 13.4. The van der Waals surface area contributed by atoms with E-state index in [-0.39, 0.29) is 11.9 Å². The molecule has 1 fully saturated rings. The lowest BCUT2D eigenvalue weighted by atomic mass is 10.1. The lowest BCUT2D eigenvalue weighted by molar-refractivity contribution is 0.0970. The van der Waals surface area contributed by atoms with Gasteiger partial charge in [-0.1, -0.05) is 18.2 Å². The van der Waals surface area contributed by atoms with Gasteiger partial charge in [0.25, 0.3) is 0 Å². The third-order valence-electron chi connectivity index (χ3n) is 4.50. The SMILES string of the molecule is CC(c1cccc(F)c1)N1CCN(Cc2cccc(N)n2)CC1. The molecular formula is C18H23FN4. The highest BCUT2D eigenvalue weighted by Gasteiger charge is 2.22. The fourth-order valence-corrected chi connectivity index (χ4v) is 3.10. The second-order valence-electron chi connectivity index (χ2n) is 6.10. The van der Waals surface area contributed by atoms with Crippen LogP contribution in [0.2, 0.25) is 0 Å². The number of hydrogen-bond acceptors (Lipinski definition) is 4. The summed E-state index contributed by atoms with van der Waals surface area (Å²) in [6.07, 6.45) is 0. The highest BCUT2D eigenvalue weighted by molar-refractivity contribution is 5.28. The second kappa shape index (κ2) is 7.06. The molecule has 5 heteroatoms. The van der Waals surface area contributed by atoms with Gasteiger partial charge in [-0.05, 0) is 36.8 Å². The van der Waals surface area contributed by atoms with Crippen LogP contribution in [-0.4, -0.2) is 41.0 Å². The van der Waals surface area contributed by atoms with Gasteiger partial charge >= 0.3 is 0 Å². The summed E-state index contributed by atoms with van der Waals surface area (Å²) >= 11 is 0. The van der Waals surface area contributed by atoms with Crippen molar-refractivity contribution in [3.63, 3.8) is 0 Å². The van der Waals surface area contributed by atoms with Crippen LogP contribution in [-0.2, 0) is 6.54 Å². The molecule has 0 radical (unpaired) electrons. The van der Waals surface area contributed by atoms with E-state index in [1.807, 2.05) is 24.3 Å². The molecule has 3 rings (SSSR count). The first-order valence-corrected chi connectivity index (χ1v) is 8.05. The van der Waals surface area contributed by atoms with Crippen molar-refractivity contribution in [3.8, 4) is 0 Å². The molecule has 0 saturated carbocycles. The number of hydrogen-bond donors (Lipinski definition) is 1. The maximum atomic E-state index is 13.4. The van der Waals surface area contributed by atoms with E-state index in [9.17, 15) is 4.39 Å². The Morgan fingerprint density at radius 2 is 1.87 bits per heavy atom. The number of aromatic nitrogens is 1. The van der Waals surface area contributed by atoms with Gasteiger partial charge in [-0.3, -0.25) is 9.80 Å². The molecule has 1 aromatic carbocycles. The molecule has 122 valence electrons. The predicted octanol–water partition coefficient (Wildman–Crippen LogP) is 2.68. The molecule has 23 heavy (non-hydrogen) atoms. The van der Waals surface area contributed by atoms with Crippen LogP contribution < -0.4 is 5.73 Å². The molecule has 1 atom stereocenters. The van der Waals surface area contributed by atoms with Crippen LogP contribution in [0.1, 0.15) is 24.2 Å². The van der Waals surface area contributed by atoms with E-state index in [0.717, 1.165) is 44.0 Å². The zero-order valence-corrected chi connectivity index (χ0v) is 13.5. The summed E-state index contributed by atoms with van der Waals surface area (Å²) in [4.78, 5) is 9.15. The van der Waals surface area contributed by atoms with Gasteiger partial charge in [0.05, 0.1) is 5.69 Å². The van der Waals surface area contributed by atoms with Crippen molar-refractivity contribution in [3.05, 3.63) is 59.5 Å². The van der Waals surface area contributed by atoms with Crippen molar-refractivity contribution in [1.82, 2.24) is 14.8 Å². The lowest BCUT2D eigenvalue weighted by Crippen LogP contribution is -2.46. The van der Waals surface area contributed by atoms with Gasteiger partial charge < -0.3 is 5.73 Å². The average Bonchev–Trinajstić information content (AvgIpc) is 2.55. The molecular weight excluding hydrogens is 291 g/mol. The summed E-state index contributed by atoms with van der Waals surface area (Å²) in [5, 5.41) is 0. The molecule has 0 amide bonds. The molecule has 1 aliphatic heterocycles. The molecule has 2 N–H and O–H groups in total. The van der Waals surface area contributed by atoms with Gasteiger partial charge in [0.2, 0.25) is 0 Å². The third kappa shape index (κ3) is 4.06. The third-order valence-corrected chi connectivity index (χ3v) is 4.50. The first-order valence-electron chi connectivity index (χ1n) is 8.05. The minimum atomic E-state index is -0.166. The minimum absolute atomic E-state index is 0.166. The Morgan fingerprint density at radius 1 is 1.13 bits per heavy atom. The van der Waals surface area contributed by atoms with Crippen molar-refractivity contribution in [1.29, 1.82) is 0 Å². The van der Waals surface area contributed by atoms with Crippen molar-refractivity contribution in [2.24, 2.45) is 0 Å². The molecule has 4 nitrogen and oxygen atoms in total. The number of halogens is 1. The number of nitrogens with two attached hydrogens (primary N) is 1. The van der Waals surface area contributed by atoms with Gasteiger partial charge in [-0.15, -0.1) is 0 Å². The number of piperazine rings is 1. The average molecular weight is 314 g/mol. The summed E-state index contributed by atoms with van der Waals surface area (Å²) < 4.78 is 13.4. The molecule has 2 heterocycles. The summed E-state index contributed by atoms with van der Waals surface area (Å²) in [5.74, 6) is 0.404. The fraction of sp³-hybridized carbons (Fsp3) is 0.389. The van der Waals surface area contributed by atoms with Gasteiger partial charge in [-0.25, -0.2) is 9.37 Å². The van der Waals surface area contributed by atoms with Crippen molar-refractivity contribution >= 4 is 5.82 Å². The molecule has 0 bridgehead atoms. The monoisotopic (exact) mass is 314 g/mol. The highest BCUT2D eigenvalue weighted by Crippen LogP contribution is 2.22. The first kappa shape index (κ1) is 15.9. The van der Waals surface area contributed by atoms with E-state index in [2.05, 4.69) is 21.7 Å². The highest BCUT2D eigenvalue weighted by atomic mass is 19.1. The Hall–Kier alpha value is -1.98. The van der Waals surface area contributed by atoms with E-state index >= 15 is 0 Å². The van der Waals surface area contributed by atoms with Crippen LogP contribution in [0.15, 0.2) is 42.5 Å². The van der Waals surface area contributed by atoms with Crippen LogP contribution in [0.5, 0.6) is 0 Å². The molecule has 1 unspecified atom stereocenters. The topological polar surface area (TPSA) is 45.4 Å². The number of pyridine rings is 1. The number of nitrogen functional groups attached to an aromatic ring is 1. The van der Waals surface area contributed by atoms with E-state index in [4.69, 9.17) is 5.73 Å². The molecule has 1 aliphatic rings. The van der Waals surface area contributed by atoms with Crippen molar-refractivity contribution in [2.75, 3.05) is 31.9 Å². The minimum Gasteiger partial charge on any atom is -0.384 e. The largest absolute Gasteiger partial charge is 0.384 e. The van der Waals surface area contributed by atoms with Crippen molar-refractivity contribution in [2.45, 2.75) is 19.5 Å². The lowest BCUT2D eigenvalue weighted by Gasteiger charge is -2.38. The molecule has 0 spiro atoms. The Balaban J connectivity index is 1.56. The second-order valence-corrected chi connectivity index (χ2v) is 6.10. The van der Waals surface area contributed by atoms with Crippen LogP contribution in [0.3, 0.4) is 0 Å². The van der Waals surface area contributed by atoms with E-state index in [0.29, 0.717) is 5.82 Å². The predicted molar refractivity (Wildman–Crippen MR) is 90.3 cm³/mol. The van der Waals surface area contributed by atoms with Crippen LogP contribution >= 0.6 is 0 Å². The Labute approximate surface area is 136 Å². The Bertz CT molecular complexity index is 653. The summed E-state index contributed by atoms with van der Waals surface area (Å²) in [7, 11) is 0. The smallest absolute Gasteiger partial charge is 0.123 e. The zero-order chi connectivity index (χ0) is 16.2. The van der Waals surface area contributed by atoms with Gasteiger partial charge in [-0.2, -0.15) is 0 Å². The summed E-state index contributed by atoms with van der Waals surface area (Å²) in [5.41, 5.74) is 7.78. The fourth-order valence-electron chi connectivity index (χ4n) is 3.10. The Kier molecular flexibility index (Phi) is 4.88. The number of benzene rings is 1. The molecule has 1 aromatic heterocycles. The molecule has 2 aromatic rings. The quantitative estimate of drug-likeness (QED) is 0.942. The number of rotatable bonds is 4. The van der Waals surface area contributed by atoms with Gasteiger partial charge in [0.1, 0.15) is 11.6 Å². The normalized spacial score (nSPS) is 18.0. The molecule has 1 saturated heterocycles. The first-order chi connectivity index (χ1) is 11.1. The van der Waals surface area contributed by atoms with Gasteiger partial charge in [0, 0.05) is 38.8 Å². The van der Waals surface area contributed by atoms with E-state index < -0.39 is 0 Å². The van der Waals surface area contributed by atoms with E-state index in [1.54, 1.807) is 12.1 Å². The van der Waals surface area contributed by atoms with Crippen LogP contribution in [0, 0.1) is 5.82 Å². The number of anilines is 1. The standard InChI is InChI=1S/C18H23FN4/c1-14(15-4-2-5-16(19)12-15)23-10-8-22(9-11-23)13-17-6-3-7-18(20)21-17/h2-7,12,14H,8-11,13H2,1H3,(H2,20,21). The zero-order valence-electron chi connectivity index (χ0n) is 13.5. The number of nitrogens with zero attached hydrogens (tertiary/aromatic N) is 3. The summed E-state index contributed by atoms with van der Waals surface area (Å²) in [6, 6.07) is 12.9. The van der Waals surface area contributed by atoms with Crippen LogP contribution in [0.25, 0.3) is 0 Å². The van der Waals surface area contributed by atoms with Gasteiger partial charge in [0.15, 0.2) is 0 Å². The molecule has 0 aliphatic carbocycles. The van der Waals surface area contributed by atoms with Crippen molar-refractivity contribution < 1.29 is 4.39 Å². The summed E-state index contributed by atoms with van der Waals surface area (Å²) in [6.45, 7) is 6.88. The maximum Gasteiger partial charge on any atom is 0.123 e.